The van der Waals surface area contributed by atoms with Gasteiger partial charge in [0.05, 0.1) is 13.2 Å². The molecule has 0 radical (unpaired) electrons. The lowest BCUT2D eigenvalue weighted by molar-refractivity contribution is -0.154. The number of rotatable bonds is 37. The number of carbonyl (C=O) groups is 1. The highest BCUT2D eigenvalue weighted by atomic mass is 16.6. The van der Waals surface area contributed by atoms with E-state index in [0.29, 0.717) is 19.6 Å². The predicted molar refractivity (Wildman–Crippen MR) is 200 cm³/mol. The van der Waals surface area contributed by atoms with Crippen LogP contribution in [0.1, 0.15) is 200 Å². The molecular formula is C42H78O4. The highest BCUT2D eigenvalue weighted by Crippen LogP contribution is 2.12. The van der Waals surface area contributed by atoms with Gasteiger partial charge in [0.15, 0.2) is 0 Å². The summed E-state index contributed by atoms with van der Waals surface area (Å²) in [6.07, 6.45) is 49.0. The zero-order chi connectivity index (χ0) is 33.4. The molecule has 0 aromatic carbocycles. The van der Waals surface area contributed by atoms with Crippen LogP contribution in [0.4, 0.5) is 0 Å². The van der Waals surface area contributed by atoms with Crippen molar-refractivity contribution in [2.45, 2.75) is 206 Å². The van der Waals surface area contributed by atoms with Gasteiger partial charge in [-0.05, 0) is 70.6 Å². The lowest BCUT2D eigenvalue weighted by atomic mass is 10.1. The molecule has 1 unspecified atom stereocenters. The second-order valence-electron chi connectivity index (χ2n) is 13.3. The van der Waals surface area contributed by atoms with Crippen molar-refractivity contribution in [2.24, 2.45) is 0 Å². The number of ether oxygens (including phenoxy) is 2. The standard InChI is InChI=1S/C42H78O4/c1-3-5-7-9-11-13-15-17-19-20-21-22-24-26-28-30-32-34-36-38-45-40-41(39-43)46-42(44)37-35-33-31-29-27-25-23-18-16-14-12-10-8-6-4-2/h13,15,18-20,23,41,43H,3-12,14,16-17,21-22,24-40H2,1-2H3/b15-13-,20-19-,23-18-. The summed E-state index contributed by atoms with van der Waals surface area (Å²) in [5, 5.41) is 9.58. The van der Waals surface area contributed by atoms with E-state index in [-0.39, 0.29) is 12.6 Å². The SMILES string of the molecule is CCCCCC/C=C\C/C=C\CCCCCCCCCCOCC(CO)OC(=O)CCCCCCC/C=C\CCCCCCCC. The van der Waals surface area contributed by atoms with Crippen molar-refractivity contribution in [3.8, 4) is 0 Å². The maximum atomic E-state index is 12.2. The van der Waals surface area contributed by atoms with Gasteiger partial charge >= 0.3 is 5.97 Å². The molecule has 1 N–H and O–H groups in total. The number of esters is 1. The van der Waals surface area contributed by atoms with E-state index < -0.39 is 6.10 Å². The van der Waals surface area contributed by atoms with Crippen molar-refractivity contribution >= 4 is 5.97 Å². The largest absolute Gasteiger partial charge is 0.457 e. The fraction of sp³-hybridized carbons (Fsp3) is 0.833. The van der Waals surface area contributed by atoms with E-state index in [1.54, 1.807) is 0 Å². The number of unbranched alkanes of at least 4 members (excludes halogenated alkanes) is 23. The fourth-order valence-corrected chi connectivity index (χ4v) is 5.65. The van der Waals surface area contributed by atoms with Crippen molar-refractivity contribution in [2.75, 3.05) is 19.8 Å². The van der Waals surface area contributed by atoms with Crippen molar-refractivity contribution in [1.82, 2.24) is 0 Å². The summed E-state index contributed by atoms with van der Waals surface area (Å²) in [6.45, 7) is 5.31. The van der Waals surface area contributed by atoms with Gasteiger partial charge in [0.1, 0.15) is 6.10 Å². The highest BCUT2D eigenvalue weighted by molar-refractivity contribution is 5.69. The summed E-state index contributed by atoms with van der Waals surface area (Å²) >= 11 is 0. The van der Waals surface area contributed by atoms with Crippen LogP contribution in [0.5, 0.6) is 0 Å². The summed E-state index contributed by atoms with van der Waals surface area (Å²) in [6, 6.07) is 0. The molecule has 0 aliphatic heterocycles. The third-order valence-electron chi connectivity index (χ3n) is 8.69. The maximum absolute atomic E-state index is 12.2. The Morgan fingerprint density at radius 2 is 0.913 bits per heavy atom. The molecule has 4 nitrogen and oxygen atoms in total. The molecule has 0 bridgehead atoms. The molecule has 0 aromatic rings. The molecule has 0 rings (SSSR count). The summed E-state index contributed by atoms with van der Waals surface area (Å²) in [5.74, 6) is -0.211. The van der Waals surface area contributed by atoms with Crippen LogP contribution in [0.15, 0.2) is 36.5 Å². The van der Waals surface area contributed by atoms with E-state index >= 15 is 0 Å². The van der Waals surface area contributed by atoms with Crippen molar-refractivity contribution < 1.29 is 19.4 Å². The number of aliphatic hydroxyl groups is 1. The molecule has 0 saturated carbocycles. The van der Waals surface area contributed by atoms with E-state index in [4.69, 9.17) is 9.47 Å². The van der Waals surface area contributed by atoms with Gasteiger partial charge in [-0.15, -0.1) is 0 Å². The summed E-state index contributed by atoms with van der Waals surface area (Å²) in [5.41, 5.74) is 0. The maximum Gasteiger partial charge on any atom is 0.306 e. The van der Waals surface area contributed by atoms with Crippen LogP contribution in [0, 0.1) is 0 Å². The quantitative estimate of drug-likeness (QED) is 0.0414. The summed E-state index contributed by atoms with van der Waals surface area (Å²) in [4.78, 5) is 12.2. The van der Waals surface area contributed by atoms with Crippen LogP contribution in [0.3, 0.4) is 0 Å². The molecule has 0 heterocycles. The molecule has 270 valence electrons. The Morgan fingerprint density at radius 3 is 1.39 bits per heavy atom. The van der Waals surface area contributed by atoms with Crippen LogP contribution in [-0.2, 0) is 14.3 Å². The van der Waals surface area contributed by atoms with Gasteiger partial charge < -0.3 is 14.6 Å². The Morgan fingerprint density at radius 1 is 0.522 bits per heavy atom. The van der Waals surface area contributed by atoms with E-state index in [9.17, 15) is 9.90 Å². The van der Waals surface area contributed by atoms with Crippen LogP contribution < -0.4 is 0 Å². The minimum absolute atomic E-state index is 0.176. The first-order valence-electron chi connectivity index (χ1n) is 20.1. The topological polar surface area (TPSA) is 55.8 Å². The van der Waals surface area contributed by atoms with Crippen LogP contribution in [-0.4, -0.2) is 37.0 Å². The Labute approximate surface area is 287 Å². The average Bonchev–Trinajstić information content (AvgIpc) is 3.06. The Balaban J connectivity index is 3.45. The molecule has 4 heteroatoms. The first-order valence-corrected chi connectivity index (χ1v) is 20.1. The Kier molecular flexibility index (Phi) is 38.6. The van der Waals surface area contributed by atoms with E-state index in [0.717, 1.165) is 25.7 Å². The zero-order valence-corrected chi connectivity index (χ0v) is 30.8. The minimum Gasteiger partial charge on any atom is -0.457 e. The summed E-state index contributed by atoms with van der Waals surface area (Å²) in [7, 11) is 0. The molecule has 46 heavy (non-hydrogen) atoms. The van der Waals surface area contributed by atoms with Gasteiger partial charge in [-0.25, -0.2) is 0 Å². The number of aliphatic hydroxyl groups excluding tert-OH is 1. The molecule has 0 aliphatic carbocycles. The van der Waals surface area contributed by atoms with Crippen LogP contribution in [0.2, 0.25) is 0 Å². The van der Waals surface area contributed by atoms with Crippen molar-refractivity contribution in [3.63, 3.8) is 0 Å². The van der Waals surface area contributed by atoms with Crippen molar-refractivity contribution in [1.29, 1.82) is 0 Å². The summed E-state index contributed by atoms with van der Waals surface area (Å²) < 4.78 is 11.1. The third-order valence-corrected chi connectivity index (χ3v) is 8.69. The second-order valence-corrected chi connectivity index (χ2v) is 13.3. The van der Waals surface area contributed by atoms with E-state index in [1.807, 2.05) is 0 Å². The fourth-order valence-electron chi connectivity index (χ4n) is 5.65. The monoisotopic (exact) mass is 647 g/mol. The van der Waals surface area contributed by atoms with Gasteiger partial charge in [-0.1, -0.05) is 159 Å². The van der Waals surface area contributed by atoms with Crippen LogP contribution in [0.25, 0.3) is 0 Å². The number of allylic oxidation sites excluding steroid dienone is 6. The Bertz CT molecular complexity index is 683. The predicted octanol–water partition coefficient (Wildman–Crippen LogP) is 12.9. The first kappa shape index (κ1) is 44.6. The smallest absolute Gasteiger partial charge is 0.306 e. The van der Waals surface area contributed by atoms with Gasteiger partial charge in [0.25, 0.3) is 0 Å². The van der Waals surface area contributed by atoms with Crippen LogP contribution >= 0.6 is 0 Å². The van der Waals surface area contributed by atoms with E-state index in [2.05, 4.69) is 50.3 Å². The van der Waals surface area contributed by atoms with Gasteiger partial charge in [0, 0.05) is 13.0 Å². The Hall–Kier alpha value is -1.39. The minimum atomic E-state index is -0.540. The normalized spacial score (nSPS) is 12.7. The lowest BCUT2D eigenvalue weighted by Gasteiger charge is -2.15. The van der Waals surface area contributed by atoms with Crippen molar-refractivity contribution in [3.05, 3.63) is 36.5 Å². The lowest BCUT2D eigenvalue weighted by Crippen LogP contribution is -2.27. The number of hydrogen-bond donors (Lipinski definition) is 1. The average molecular weight is 647 g/mol. The molecule has 0 amide bonds. The zero-order valence-electron chi connectivity index (χ0n) is 30.8. The van der Waals surface area contributed by atoms with Gasteiger partial charge in [0.2, 0.25) is 0 Å². The third kappa shape index (κ3) is 37.1. The van der Waals surface area contributed by atoms with Gasteiger partial charge in [-0.2, -0.15) is 0 Å². The van der Waals surface area contributed by atoms with E-state index in [1.165, 1.54) is 154 Å². The molecule has 1 atom stereocenters. The molecule has 0 fully saturated rings. The molecule has 0 saturated heterocycles. The second kappa shape index (κ2) is 39.8. The molecule has 0 aliphatic rings. The first-order chi connectivity index (χ1) is 22.7. The highest BCUT2D eigenvalue weighted by Gasteiger charge is 2.13. The van der Waals surface area contributed by atoms with Gasteiger partial charge in [-0.3, -0.25) is 4.79 Å². The molecule has 0 aromatic heterocycles. The molecule has 0 spiro atoms. The molecular weight excluding hydrogens is 568 g/mol. The number of hydrogen-bond acceptors (Lipinski definition) is 4. The number of carbonyl (C=O) groups excluding carboxylic acids is 1.